The lowest BCUT2D eigenvalue weighted by atomic mass is 10.2. The standard InChI is InChI=1S/C18H17N3O2/c1-13-7-9-15(10-8-13)19-17(22)11-16-12-23-21-18(20-16)14-5-3-2-4-6-14/h2-11H,12H2,1H3,(H,19,22)(H,20,21). The summed E-state index contributed by atoms with van der Waals surface area (Å²) in [6.45, 7) is 2.23. The van der Waals surface area contributed by atoms with E-state index in [-0.39, 0.29) is 12.5 Å². The predicted molar refractivity (Wildman–Crippen MR) is 90.0 cm³/mol. The normalized spacial score (nSPS) is 15.7. The molecule has 0 unspecified atom stereocenters. The number of hydrogen-bond donors (Lipinski definition) is 2. The van der Waals surface area contributed by atoms with Crippen LogP contribution in [0.25, 0.3) is 0 Å². The predicted octanol–water partition coefficient (Wildman–Crippen LogP) is 2.80. The van der Waals surface area contributed by atoms with Crippen molar-refractivity contribution in [1.29, 1.82) is 0 Å². The molecule has 3 rings (SSSR count). The zero-order valence-electron chi connectivity index (χ0n) is 12.7. The summed E-state index contributed by atoms with van der Waals surface area (Å²) in [5.74, 6) is 0.358. The lowest BCUT2D eigenvalue weighted by Crippen LogP contribution is -2.30. The Morgan fingerprint density at radius 2 is 1.91 bits per heavy atom. The number of aryl methyl sites for hydroxylation is 1. The Labute approximate surface area is 134 Å². The summed E-state index contributed by atoms with van der Waals surface area (Å²) in [4.78, 5) is 21.8. The van der Waals surface area contributed by atoms with Gasteiger partial charge in [-0.25, -0.2) is 10.5 Å². The first-order chi connectivity index (χ1) is 11.2. The average Bonchev–Trinajstić information content (AvgIpc) is 2.58. The van der Waals surface area contributed by atoms with Crippen LogP contribution in [0.15, 0.2) is 71.4 Å². The van der Waals surface area contributed by atoms with E-state index in [0.29, 0.717) is 11.5 Å². The molecule has 1 aliphatic rings. The number of carbonyl (C=O) groups excluding carboxylic acids is 1. The molecule has 5 nitrogen and oxygen atoms in total. The van der Waals surface area contributed by atoms with Gasteiger partial charge < -0.3 is 5.32 Å². The third kappa shape index (κ3) is 4.05. The van der Waals surface area contributed by atoms with Crippen molar-refractivity contribution in [3.8, 4) is 0 Å². The van der Waals surface area contributed by atoms with Gasteiger partial charge in [0.15, 0.2) is 5.84 Å². The highest BCUT2D eigenvalue weighted by atomic mass is 16.6. The van der Waals surface area contributed by atoms with E-state index in [1.165, 1.54) is 6.08 Å². The molecule has 1 amide bonds. The third-order valence-corrected chi connectivity index (χ3v) is 3.31. The van der Waals surface area contributed by atoms with E-state index in [4.69, 9.17) is 4.84 Å². The maximum atomic E-state index is 12.1. The van der Waals surface area contributed by atoms with Crippen LogP contribution in [0.4, 0.5) is 5.69 Å². The Balaban J connectivity index is 1.73. The average molecular weight is 307 g/mol. The fraction of sp³-hybridized carbons (Fsp3) is 0.111. The van der Waals surface area contributed by atoms with E-state index in [0.717, 1.165) is 16.8 Å². The molecule has 1 aliphatic heterocycles. The fourth-order valence-corrected chi connectivity index (χ4v) is 2.14. The zero-order chi connectivity index (χ0) is 16.1. The first-order valence-corrected chi connectivity index (χ1v) is 7.31. The van der Waals surface area contributed by atoms with Gasteiger partial charge in [-0.1, -0.05) is 48.0 Å². The summed E-state index contributed by atoms with van der Waals surface area (Å²) in [5, 5.41) is 2.81. The monoisotopic (exact) mass is 307 g/mol. The highest BCUT2D eigenvalue weighted by Gasteiger charge is 2.12. The Morgan fingerprint density at radius 1 is 1.17 bits per heavy atom. The largest absolute Gasteiger partial charge is 0.322 e. The van der Waals surface area contributed by atoms with E-state index in [2.05, 4.69) is 15.8 Å². The van der Waals surface area contributed by atoms with Gasteiger partial charge in [0.05, 0.1) is 5.70 Å². The molecule has 0 saturated carbocycles. The molecule has 0 fully saturated rings. The number of hydroxylamine groups is 1. The highest BCUT2D eigenvalue weighted by molar-refractivity contribution is 6.02. The van der Waals surface area contributed by atoms with Gasteiger partial charge in [-0.05, 0) is 19.1 Å². The van der Waals surface area contributed by atoms with Crippen molar-refractivity contribution in [2.24, 2.45) is 4.99 Å². The van der Waals surface area contributed by atoms with Gasteiger partial charge in [-0.15, -0.1) is 0 Å². The molecule has 0 saturated heterocycles. The first kappa shape index (κ1) is 15.0. The number of rotatable bonds is 3. The van der Waals surface area contributed by atoms with Crippen molar-refractivity contribution in [1.82, 2.24) is 5.48 Å². The van der Waals surface area contributed by atoms with Gasteiger partial charge in [0.25, 0.3) is 0 Å². The molecule has 5 heteroatoms. The molecule has 2 aromatic carbocycles. The van der Waals surface area contributed by atoms with E-state index >= 15 is 0 Å². The van der Waals surface area contributed by atoms with Crippen LogP contribution in [-0.2, 0) is 9.63 Å². The Kier molecular flexibility index (Phi) is 4.49. The van der Waals surface area contributed by atoms with Gasteiger partial charge in [0.1, 0.15) is 6.61 Å². The van der Waals surface area contributed by atoms with E-state index in [1.54, 1.807) is 0 Å². The van der Waals surface area contributed by atoms with Crippen LogP contribution < -0.4 is 10.8 Å². The van der Waals surface area contributed by atoms with Crippen molar-refractivity contribution in [3.63, 3.8) is 0 Å². The molecule has 2 aromatic rings. The minimum Gasteiger partial charge on any atom is -0.322 e. The lowest BCUT2D eigenvalue weighted by molar-refractivity contribution is -0.112. The Hall–Kier alpha value is -2.92. The smallest absolute Gasteiger partial charge is 0.250 e. The summed E-state index contributed by atoms with van der Waals surface area (Å²) in [6, 6.07) is 17.2. The van der Waals surface area contributed by atoms with Gasteiger partial charge in [0, 0.05) is 17.3 Å². The second-order valence-electron chi connectivity index (χ2n) is 5.21. The Bertz CT molecular complexity index is 750. The highest BCUT2D eigenvalue weighted by Crippen LogP contribution is 2.11. The second kappa shape index (κ2) is 6.89. The van der Waals surface area contributed by atoms with Gasteiger partial charge >= 0.3 is 0 Å². The molecule has 0 atom stereocenters. The number of anilines is 1. The van der Waals surface area contributed by atoms with Crippen LogP contribution in [-0.4, -0.2) is 18.3 Å². The summed E-state index contributed by atoms with van der Waals surface area (Å²) in [5.41, 5.74) is 6.13. The molecule has 23 heavy (non-hydrogen) atoms. The van der Waals surface area contributed by atoms with Gasteiger partial charge in [0.2, 0.25) is 5.91 Å². The van der Waals surface area contributed by atoms with E-state index in [9.17, 15) is 4.79 Å². The number of benzene rings is 2. The number of hydrogen-bond acceptors (Lipinski definition) is 4. The quantitative estimate of drug-likeness (QED) is 0.857. The fourth-order valence-electron chi connectivity index (χ4n) is 2.14. The molecule has 0 spiro atoms. The van der Waals surface area contributed by atoms with Crippen LogP contribution >= 0.6 is 0 Å². The minimum atomic E-state index is -0.231. The SMILES string of the molecule is Cc1ccc(NC(=O)C=C2CONC(c3ccccc3)=N2)cc1. The van der Waals surface area contributed by atoms with E-state index < -0.39 is 0 Å². The number of nitrogens with one attached hydrogen (secondary N) is 2. The van der Waals surface area contributed by atoms with Crippen LogP contribution in [0, 0.1) is 6.92 Å². The van der Waals surface area contributed by atoms with Crippen LogP contribution in [0.3, 0.4) is 0 Å². The molecule has 0 radical (unpaired) electrons. The number of amides is 1. The summed E-state index contributed by atoms with van der Waals surface area (Å²) in [6.07, 6.45) is 1.45. The molecule has 116 valence electrons. The van der Waals surface area contributed by atoms with E-state index in [1.807, 2.05) is 61.5 Å². The lowest BCUT2D eigenvalue weighted by Gasteiger charge is -2.16. The summed E-state index contributed by atoms with van der Waals surface area (Å²) in [7, 11) is 0. The van der Waals surface area contributed by atoms with Crippen molar-refractivity contribution >= 4 is 17.4 Å². The molecule has 0 bridgehead atoms. The van der Waals surface area contributed by atoms with Crippen molar-refractivity contribution in [3.05, 3.63) is 77.5 Å². The molecule has 0 aliphatic carbocycles. The van der Waals surface area contributed by atoms with Crippen molar-refractivity contribution < 1.29 is 9.63 Å². The summed E-state index contributed by atoms with van der Waals surface area (Å²) >= 11 is 0. The zero-order valence-corrected chi connectivity index (χ0v) is 12.7. The molecular weight excluding hydrogens is 290 g/mol. The minimum absolute atomic E-state index is 0.231. The molecule has 2 N–H and O–H groups in total. The molecule has 0 aromatic heterocycles. The van der Waals surface area contributed by atoms with Gasteiger partial charge in [-0.3, -0.25) is 9.63 Å². The van der Waals surface area contributed by atoms with Gasteiger partial charge in [-0.2, -0.15) is 0 Å². The topological polar surface area (TPSA) is 62.7 Å². The number of carbonyl (C=O) groups is 1. The third-order valence-electron chi connectivity index (χ3n) is 3.31. The van der Waals surface area contributed by atoms with Crippen molar-refractivity contribution in [2.75, 3.05) is 11.9 Å². The van der Waals surface area contributed by atoms with Crippen molar-refractivity contribution in [2.45, 2.75) is 6.92 Å². The Morgan fingerprint density at radius 3 is 2.65 bits per heavy atom. The molecule has 1 heterocycles. The van der Waals surface area contributed by atoms with Crippen LogP contribution in [0.2, 0.25) is 0 Å². The van der Waals surface area contributed by atoms with Crippen LogP contribution in [0.1, 0.15) is 11.1 Å². The summed E-state index contributed by atoms with van der Waals surface area (Å²) < 4.78 is 0. The first-order valence-electron chi connectivity index (χ1n) is 7.31. The maximum absolute atomic E-state index is 12.1. The maximum Gasteiger partial charge on any atom is 0.250 e. The second-order valence-corrected chi connectivity index (χ2v) is 5.21. The molecular formula is C18H17N3O2. The number of nitrogens with zero attached hydrogens (tertiary/aromatic N) is 1. The van der Waals surface area contributed by atoms with Crippen LogP contribution in [0.5, 0.6) is 0 Å². The number of amidine groups is 1. The number of aliphatic imine (C=N–C) groups is 1.